The molecule has 0 atom stereocenters. The summed E-state index contributed by atoms with van der Waals surface area (Å²) in [7, 11) is 0. The number of para-hydroxylation sites is 1. The highest BCUT2D eigenvalue weighted by Crippen LogP contribution is 2.39. The molecule has 6 nitrogen and oxygen atoms in total. The third-order valence-corrected chi connectivity index (χ3v) is 4.64. The summed E-state index contributed by atoms with van der Waals surface area (Å²) in [6.07, 6.45) is 3.15. The van der Waals surface area contributed by atoms with Gasteiger partial charge in [0.2, 0.25) is 0 Å². The van der Waals surface area contributed by atoms with Crippen LogP contribution in [0.25, 0.3) is 5.69 Å². The van der Waals surface area contributed by atoms with Gasteiger partial charge in [-0.2, -0.15) is 10.2 Å². The van der Waals surface area contributed by atoms with Crippen molar-refractivity contribution >= 4 is 11.7 Å². The van der Waals surface area contributed by atoms with Gasteiger partial charge in [0.25, 0.3) is 5.91 Å². The van der Waals surface area contributed by atoms with E-state index in [1.807, 2.05) is 43.3 Å². The van der Waals surface area contributed by atoms with Gasteiger partial charge < -0.3 is 5.32 Å². The number of nitrogens with zero attached hydrogens (tertiary/aromatic N) is 3. The van der Waals surface area contributed by atoms with Gasteiger partial charge >= 0.3 is 0 Å². The summed E-state index contributed by atoms with van der Waals surface area (Å²) in [6.45, 7) is 4.05. The largest absolute Gasteiger partial charge is 0.305 e. The van der Waals surface area contributed by atoms with Crippen LogP contribution in [-0.4, -0.2) is 25.9 Å². The zero-order chi connectivity index (χ0) is 17.4. The third kappa shape index (κ3) is 2.95. The molecule has 25 heavy (non-hydrogen) atoms. The number of anilines is 1. The fourth-order valence-corrected chi connectivity index (χ4v) is 3.01. The standard InChI is InChI=1S/C19H21N5O/c1-3-15-12(2)18(24(23-15)14-7-5-4-6-8-14)20-19(25)17-11-16(21-22-17)13-9-10-13/h4-8,11,13H,3,9-10H2,1-2H3,(H,20,25)(H,21,22). The minimum absolute atomic E-state index is 0.217. The fraction of sp³-hybridized carbons (Fsp3) is 0.316. The van der Waals surface area contributed by atoms with Crippen molar-refractivity contribution in [3.8, 4) is 5.69 Å². The van der Waals surface area contributed by atoms with Gasteiger partial charge in [-0.05, 0) is 44.4 Å². The molecular weight excluding hydrogens is 314 g/mol. The van der Waals surface area contributed by atoms with Crippen LogP contribution < -0.4 is 5.32 Å². The van der Waals surface area contributed by atoms with Gasteiger partial charge in [-0.25, -0.2) is 4.68 Å². The van der Waals surface area contributed by atoms with E-state index >= 15 is 0 Å². The molecule has 0 bridgehead atoms. The summed E-state index contributed by atoms with van der Waals surface area (Å²) in [6, 6.07) is 11.7. The van der Waals surface area contributed by atoms with Crippen molar-refractivity contribution in [1.82, 2.24) is 20.0 Å². The number of aromatic nitrogens is 4. The molecule has 6 heteroatoms. The lowest BCUT2D eigenvalue weighted by molar-refractivity contribution is 0.102. The highest BCUT2D eigenvalue weighted by atomic mass is 16.2. The molecule has 0 unspecified atom stereocenters. The van der Waals surface area contributed by atoms with E-state index in [1.54, 1.807) is 4.68 Å². The second-order valence-electron chi connectivity index (χ2n) is 6.46. The number of nitrogens with one attached hydrogen (secondary N) is 2. The normalized spacial score (nSPS) is 13.8. The van der Waals surface area contributed by atoms with E-state index in [4.69, 9.17) is 0 Å². The first-order valence-electron chi connectivity index (χ1n) is 8.68. The first-order valence-corrected chi connectivity index (χ1v) is 8.68. The van der Waals surface area contributed by atoms with Crippen LogP contribution in [0.1, 0.15) is 53.1 Å². The van der Waals surface area contributed by atoms with Crippen molar-refractivity contribution < 1.29 is 4.79 Å². The lowest BCUT2D eigenvalue weighted by Crippen LogP contribution is -2.16. The number of hydrogen-bond acceptors (Lipinski definition) is 3. The Morgan fingerprint density at radius 3 is 2.76 bits per heavy atom. The van der Waals surface area contributed by atoms with Gasteiger partial charge in [-0.3, -0.25) is 9.89 Å². The van der Waals surface area contributed by atoms with Crippen molar-refractivity contribution in [2.75, 3.05) is 5.32 Å². The minimum Gasteiger partial charge on any atom is -0.305 e. The lowest BCUT2D eigenvalue weighted by Gasteiger charge is -2.09. The van der Waals surface area contributed by atoms with Crippen LogP contribution in [0.15, 0.2) is 36.4 Å². The minimum atomic E-state index is -0.217. The molecule has 1 amide bonds. The van der Waals surface area contributed by atoms with Gasteiger partial charge in [0, 0.05) is 17.2 Å². The second kappa shape index (κ2) is 6.20. The van der Waals surface area contributed by atoms with E-state index < -0.39 is 0 Å². The highest BCUT2D eigenvalue weighted by molar-refractivity contribution is 6.03. The summed E-state index contributed by atoms with van der Waals surface area (Å²) in [5.74, 6) is 1.02. The summed E-state index contributed by atoms with van der Waals surface area (Å²) in [5, 5.41) is 14.8. The number of benzene rings is 1. The fourth-order valence-electron chi connectivity index (χ4n) is 3.01. The monoisotopic (exact) mass is 335 g/mol. The zero-order valence-electron chi connectivity index (χ0n) is 14.4. The van der Waals surface area contributed by atoms with Crippen LogP contribution in [-0.2, 0) is 6.42 Å². The van der Waals surface area contributed by atoms with Crippen molar-refractivity contribution in [2.24, 2.45) is 0 Å². The molecular formula is C19H21N5O. The number of aryl methyl sites for hydroxylation is 1. The Balaban J connectivity index is 1.66. The molecule has 3 aromatic rings. The average molecular weight is 335 g/mol. The van der Waals surface area contributed by atoms with Gasteiger partial charge in [0.1, 0.15) is 5.82 Å². The van der Waals surface area contributed by atoms with Crippen molar-refractivity contribution in [2.45, 2.75) is 39.0 Å². The maximum absolute atomic E-state index is 12.7. The number of carbonyl (C=O) groups is 1. The van der Waals surface area contributed by atoms with E-state index in [9.17, 15) is 4.79 Å². The molecule has 128 valence electrons. The lowest BCUT2D eigenvalue weighted by atomic mass is 10.2. The maximum atomic E-state index is 12.7. The van der Waals surface area contributed by atoms with E-state index in [0.717, 1.165) is 29.1 Å². The summed E-state index contributed by atoms with van der Waals surface area (Å²) in [5.41, 5.74) is 4.34. The molecule has 2 aromatic heterocycles. The van der Waals surface area contributed by atoms with Gasteiger partial charge in [0.05, 0.1) is 11.4 Å². The quantitative estimate of drug-likeness (QED) is 0.748. The Morgan fingerprint density at radius 1 is 1.32 bits per heavy atom. The SMILES string of the molecule is CCc1nn(-c2ccccc2)c(NC(=O)c2cc(C3CC3)[nH]n2)c1C. The molecule has 0 saturated heterocycles. The van der Waals surface area contributed by atoms with Crippen LogP contribution in [0, 0.1) is 6.92 Å². The molecule has 1 aliphatic carbocycles. The number of amides is 1. The first kappa shape index (κ1) is 15.6. The van der Waals surface area contributed by atoms with Crippen molar-refractivity contribution in [3.63, 3.8) is 0 Å². The number of rotatable bonds is 5. The topological polar surface area (TPSA) is 75.6 Å². The van der Waals surface area contributed by atoms with Gasteiger partial charge in [-0.15, -0.1) is 0 Å². The van der Waals surface area contributed by atoms with Crippen LogP contribution >= 0.6 is 0 Å². The zero-order valence-corrected chi connectivity index (χ0v) is 14.4. The molecule has 4 rings (SSSR count). The third-order valence-electron chi connectivity index (χ3n) is 4.64. The van der Waals surface area contributed by atoms with Crippen LogP contribution in [0.4, 0.5) is 5.82 Å². The molecule has 0 radical (unpaired) electrons. The predicted molar refractivity (Wildman–Crippen MR) is 96.2 cm³/mol. The molecule has 2 heterocycles. The number of aromatic amines is 1. The highest BCUT2D eigenvalue weighted by Gasteiger charge is 2.27. The molecule has 1 saturated carbocycles. The van der Waals surface area contributed by atoms with Crippen LogP contribution in [0.3, 0.4) is 0 Å². The molecule has 0 spiro atoms. The Bertz CT molecular complexity index is 905. The Labute approximate surface area is 146 Å². The van der Waals surface area contributed by atoms with E-state index in [0.29, 0.717) is 17.4 Å². The summed E-state index contributed by atoms with van der Waals surface area (Å²) in [4.78, 5) is 12.7. The Morgan fingerprint density at radius 2 is 2.08 bits per heavy atom. The Hall–Kier alpha value is -2.89. The molecule has 1 aromatic carbocycles. The van der Waals surface area contributed by atoms with Gasteiger partial charge in [0.15, 0.2) is 5.69 Å². The average Bonchev–Trinajstić information content (AvgIpc) is 3.29. The smallest absolute Gasteiger partial charge is 0.277 e. The van der Waals surface area contributed by atoms with Crippen molar-refractivity contribution in [1.29, 1.82) is 0 Å². The molecule has 1 aliphatic rings. The van der Waals surface area contributed by atoms with Gasteiger partial charge in [-0.1, -0.05) is 25.1 Å². The molecule has 0 aliphatic heterocycles. The number of carbonyl (C=O) groups excluding carboxylic acids is 1. The Kier molecular flexibility index (Phi) is 3.87. The number of H-pyrrole nitrogens is 1. The van der Waals surface area contributed by atoms with E-state index in [-0.39, 0.29) is 5.91 Å². The molecule has 1 fully saturated rings. The van der Waals surface area contributed by atoms with E-state index in [2.05, 4.69) is 27.5 Å². The molecule has 2 N–H and O–H groups in total. The number of hydrogen-bond donors (Lipinski definition) is 2. The second-order valence-corrected chi connectivity index (χ2v) is 6.46. The summed E-state index contributed by atoms with van der Waals surface area (Å²) < 4.78 is 1.79. The summed E-state index contributed by atoms with van der Waals surface area (Å²) >= 11 is 0. The van der Waals surface area contributed by atoms with Crippen LogP contribution in [0.5, 0.6) is 0 Å². The van der Waals surface area contributed by atoms with E-state index in [1.165, 1.54) is 12.8 Å². The predicted octanol–water partition coefficient (Wildman–Crippen LogP) is 3.60. The van der Waals surface area contributed by atoms with Crippen LogP contribution in [0.2, 0.25) is 0 Å². The maximum Gasteiger partial charge on any atom is 0.277 e. The van der Waals surface area contributed by atoms with Crippen molar-refractivity contribution in [3.05, 3.63) is 59.0 Å². The first-order chi connectivity index (χ1) is 12.2.